The normalized spacial score (nSPS) is 18.4. The van der Waals surface area contributed by atoms with Crippen LogP contribution in [0.25, 0.3) is 10.1 Å². The van der Waals surface area contributed by atoms with Crippen molar-refractivity contribution >= 4 is 57.8 Å². The number of hydrogen-bond acceptors (Lipinski definition) is 9. The van der Waals surface area contributed by atoms with Gasteiger partial charge in [0.1, 0.15) is 17.2 Å². The van der Waals surface area contributed by atoms with Gasteiger partial charge in [-0.1, -0.05) is 17.9 Å². The summed E-state index contributed by atoms with van der Waals surface area (Å²) in [6.07, 6.45) is 2.82. The molecule has 3 aromatic rings. The molecule has 13 heteroatoms. The maximum atomic E-state index is 16.1. The highest BCUT2D eigenvalue weighted by atomic mass is 32.1. The second-order valence-corrected chi connectivity index (χ2v) is 15.6. The SMILES string of the molecule is CCOC(=O)CCC#Cc1cc2c(N(C(=O)c3ccc(B4OC(C)(C)C(C)(C)O4)cc3F)[C@@H]3CCCN(C(=O)OC(C)(C)C)C3)nccc2s1. The molecule has 0 aliphatic carbocycles. The largest absolute Gasteiger partial charge is 0.494 e. The number of nitrogens with zero attached hydrogens (tertiary/aromatic N) is 3. The van der Waals surface area contributed by atoms with Crippen LogP contribution >= 0.6 is 11.3 Å². The zero-order valence-corrected chi connectivity index (χ0v) is 30.9. The zero-order valence-electron chi connectivity index (χ0n) is 30.1. The number of hydrogen-bond donors (Lipinski definition) is 0. The Morgan fingerprint density at radius 3 is 2.52 bits per heavy atom. The summed E-state index contributed by atoms with van der Waals surface area (Å²) in [5, 5.41) is 0.671. The van der Waals surface area contributed by atoms with Gasteiger partial charge in [0.25, 0.3) is 5.91 Å². The number of piperidine rings is 1. The maximum Gasteiger partial charge on any atom is 0.494 e. The van der Waals surface area contributed by atoms with E-state index < -0.39 is 47.8 Å². The molecule has 10 nitrogen and oxygen atoms in total. The van der Waals surface area contributed by atoms with Gasteiger partial charge < -0.3 is 23.7 Å². The van der Waals surface area contributed by atoms with Crippen molar-refractivity contribution < 1.29 is 37.6 Å². The van der Waals surface area contributed by atoms with Crippen LogP contribution in [0.1, 0.15) is 96.3 Å². The summed E-state index contributed by atoms with van der Waals surface area (Å²) in [4.78, 5) is 47.9. The standard InChI is InChI=1S/C37H45BFN3O7S/c1-9-46-31(43)15-11-10-14-26-22-28-30(50-26)18-19-40-32(28)42(25-13-12-20-41(23-25)34(45)47-35(2,3)4)33(44)27-17-16-24(21-29(27)39)38-48-36(5,6)37(7,8)49-38/h16-19,21-22,25H,9,11-13,15,20,23H2,1-8H3/t25-/m1/s1. The number of esters is 1. The number of ether oxygens (including phenoxy) is 2. The van der Waals surface area contributed by atoms with Gasteiger partial charge in [0.05, 0.1) is 40.7 Å². The lowest BCUT2D eigenvalue weighted by Crippen LogP contribution is -2.53. The Morgan fingerprint density at radius 2 is 1.86 bits per heavy atom. The molecule has 1 aromatic carbocycles. The second kappa shape index (κ2) is 14.7. The van der Waals surface area contributed by atoms with E-state index in [9.17, 15) is 14.4 Å². The molecule has 5 rings (SSSR count). The van der Waals surface area contributed by atoms with Crippen molar-refractivity contribution in [2.75, 3.05) is 24.6 Å². The van der Waals surface area contributed by atoms with Crippen LogP contribution in [-0.4, -0.2) is 77.5 Å². The summed E-state index contributed by atoms with van der Waals surface area (Å²) >= 11 is 1.43. The molecule has 2 saturated heterocycles. The molecule has 0 unspecified atom stereocenters. The van der Waals surface area contributed by atoms with Crippen LogP contribution in [0.4, 0.5) is 15.0 Å². The van der Waals surface area contributed by atoms with Crippen LogP contribution in [0.15, 0.2) is 36.5 Å². The zero-order chi connectivity index (χ0) is 36.4. The predicted octanol–water partition coefficient (Wildman–Crippen LogP) is 6.48. The number of fused-ring (bicyclic) bond motifs is 1. The van der Waals surface area contributed by atoms with E-state index in [2.05, 4.69) is 16.8 Å². The van der Waals surface area contributed by atoms with Crippen LogP contribution in [0.5, 0.6) is 0 Å². The number of carbonyl (C=O) groups is 3. The average Bonchev–Trinajstić information content (AvgIpc) is 3.55. The molecule has 266 valence electrons. The fraction of sp³-hybridized carbons (Fsp3) is 0.514. The van der Waals surface area contributed by atoms with Crippen molar-refractivity contribution in [2.24, 2.45) is 0 Å². The fourth-order valence-corrected chi connectivity index (χ4v) is 6.73. The van der Waals surface area contributed by atoms with E-state index in [4.69, 9.17) is 18.8 Å². The molecule has 2 fully saturated rings. The first-order chi connectivity index (χ1) is 23.5. The Kier molecular flexibility index (Phi) is 11.0. The molecular weight excluding hydrogens is 660 g/mol. The maximum absolute atomic E-state index is 16.1. The minimum atomic E-state index is -0.798. The van der Waals surface area contributed by atoms with Crippen molar-refractivity contribution in [1.82, 2.24) is 9.88 Å². The number of pyridine rings is 1. The third kappa shape index (κ3) is 8.31. The van der Waals surface area contributed by atoms with Crippen LogP contribution in [0, 0.1) is 17.7 Å². The molecule has 2 aromatic heterocycles. The van der Waals surface area contributed by atoms with Gasteiger partial charge in [-0.3, -0.25) is 14.5 Å². The highest BCUT2D eigenvalue weighted by Crippen LogP contribution is 2.37. The van der Waals surface area contributed by atoms with Gasteiger partial charge in [0.2, 0.25) is 0 Å². The van der Waals surface area contributed by atoms with Crippen LogP contribution in [-0.2, 0) is 23.6 Å². The molecule has 2 amide bonds. The lowest BCUT2D eigenvalue weighted by Gasteiger charge is -2.39. The first-order valence-electron chi connectivity index (χ1n) is 17.0. The molecule has 0 bridgehead atoms. The van der Waals surface area contributed by atoms with Gasteiger partial charge >= 0.3 is 19.2 Å². The van der Waals surface area contributed by atoms with Crippen LogP contribution in [0.2, 0.25) is 0 Å². The first kappa shape index (κ1) is 37.3. The smallest absolute Gasteiger partial charge is 0.466 e. The number of rotatable bonds is 7. The predicted molar refractivity (Wildman–Crippen MR) is 192 cm³/mol. The first-order valence-corrected chi connectivity index (χ1v) is 17.8. The van der Waals surface area contributed by atoms with Crippen molar-refractivity contribution in [1.29, 1.82) is 0 Å². The summed E-state index contributed by atoms with van der Waals surface area (Å²) in [7, 11) is -0.798. The van der Waals surface area contributed by atoms with Crippen molar-refractivity contribution in [3.8, 4) is 11.8 Å². The highest BCUT2D eigenvalue weighted by molar-refractivity contribution is 7.19. The number of halogens is 1. The number of likely N-dealkylation sites (tertiary alicyclic amines) is 1. The molecule has 2 aliphatic heterocycles. The van der Waals surface area contributed by atoms with E-state index >= 15 is 4.39 Å². The van der Waals surface area contributed by atoms with Gasteiger partial charge in [0, 0.05) is 35.8 Å². The lowest BCUT2D eigenvalue weighted by molar-refractivity contribution is -0.142. The molecular formula is C37H45BFN3O7S. The number of benzene rings is 1. The molecule has 50 heavy (non-hydrogen) atoms. The van der Waals surface area contributed by atoms with Gasteiger partial charge in [-0.05, 0) is 98.0 Å². The van der Waals surface area contributed by atoms with Crippen molar-refractivity contribution in [2.45, 2.75) is 104 Å². The molecule has 0 radical (unpaired) electrons. The van der Waals surface area contributed by atoms with Gasteiger partial charge in [0.15, 0.2) is 0 Å². The van der Waals surface area contributed by atoms with Crippen molar-refractivity contribution in [3.63, 3.8) is 0 Å². The summed E-state index contributed by atoms with van der Waals surface area (Å²) < 4.78 is 39.8. The number of anilines is 1. The molecule has 2 aliphatic rings. The van der Waals surface area contributed by atoms with E-state index in [0.717, 1.165) is 9.58 Å². The number of carbonyl (C=O) groups excluding carboxylic acids is 3. The highest BCUT2D eigenvalue weighted by Gasteiger charge is 2.52. The van der Waals surface area contributed by atoms with E-state index in [-0.39, 0.29) is 24.5 Å². The number of amides is 2. The quantitative estimate of drug-likeness (QED) is 0.156. The Labute approximate surface area is 297 Å². The molecule has 0 spiro atoms. The Morgan fingerprint density at radius 1 is 1.14 bits per heavy atom. The third-order valence-corrected chi connectivity index (χ3v) is 10.0. The average molecular weight is 706 g/mol. The molecule has 1 atom stereocenters. The number of aromatic nitrogens is 1. The third-order valence-electron chi connectivity index (χ3n) is 9.00. The molecule has 4 heterocycles. The van der Waals surface area contributed by atoms with E-state index in [1.807, 2.05) is 39.8 Å². The monoisotopic (exact) mass is 705 g/mol. The summed E-state index contributed by atoms with van der Waals surface area (Å²) in [5.41, 5.74) is -1.61. The van der Waals surface area contributed by atoms with Gasteiger partial charge in [-0.2, -0.15) is 0 Å². The Balaban J connectivity index is 1.50. The van der Waals surface area contributed by atoms with E-state index in [1.54, 1.807) is 44.9 Å². The molecule has 0 N–H and O–H groups in total. The minimum Gasteiger partial charge on any atom is -0.466 e. The number of thiophene rings is 1. The van der Waals surface area contributed by atoms with E-state index in [0.29, 0.717) is 49.1 Å². The Bertz CT molecular complexity index is 1810. The molecule has 0 saturated carbocycles. The summed E-state index contributed by atoms with van der Waals surface area (Å²) in [6, 6.07) is 7.55. The minimum absolute atomic E-state index is 0.146. The van der Waals surface area contributed by atoms with Crippen LogP contribution in [0.3, 0.4) is 0 Å². The lowest BCUT2D eigenvalue weighted by atomic mass is 9.78. The fourth-order valence-electron chi connectivity index (χ4n) is 5.80. The van der Waals surface area contributed by atoms with Crippen molar-refractivity contribution in [3.05, 3.63) is 52.8 Å². The summed E-state index contributed by atoms with van der Waals surface area (Å²) in [6.45, 7) is 15.8. The van der Waals surface area contributed by atoms with Crippen LogP contribution < -0.4 is 10.4 Å². The van der Waals surface area contributed by atoms with Gasteiger partial charge in [-0.15, -0.1) is 11.3 Å². The topological polar surface area (TPSA) is 108 Å². The second-order valence-electron chi connectivity index (χ2n) is 14.5. The Hall–Kier alpha value is -3.99. The summed E-state index contributed by atoms with van der Waals surface area (Å²) in [5.74, 6) is 4.86. The van der Waals surface area contributed by atoms with E-state index in [1.165, 1.54) is 28.4 Å². The van der Waals surface area contributed by atoms with Gasteiger partial charge in [-0.25, -0.2) is 14.2 Å².